The average Bonchev–Trinajstić information content (AvgIpc) is 3.06. The lowest BCUT2D eigenvalue weighted by Gasteiger charge is -2.09. The van der Waals surface area contributed by atoms with Crippen molar-refractivity contribution in [3.05, 3.63) is 60.7 Å². The molecular weight excluding hydrogens is 250 g/mol. The molecule has 0 unspecified atom stereocenters. The summed E-state index contributed by atoms with van der Waals surface area (Å²) in [4.78, 5) is 8.52. The molecular formula is C15H17N5. The molecule has 2 aromatic heterocycles. The summed E-state index contributed by atoms with van der Waals surface area (Å²) >= 11 is 0. The highest BCUT2D eigenvalue weighted by molar-refractivity contribution is 5.49. The van der Waals surface area contributed by atoms with Crippen LogP contribution < -0.4 is 5.32 Å². The molecule has 5 nitrogen and oxygen atoms in total. The van der Waals surface area contributed by atoms with Crippen LogP contribution in [-0.2, 0) is 13.6 Å². The normalized spacial score (nSPS) is 10.7. The summed E-state index contributed by atoms with van der Waals surface area (Å²) in [5.41, 5.74) is 2.19. The Morgan fingerprint density at radius 2 is 1.80 bits per heavy atom. The van der Waals surface area contributed by atoms with E-state index in [9.17, 15) is 0 Å². The van der Waals surface area contributed by atoms with Gasteiger partial charge < -0.3 is 14.5 Å². The molecule has 5 heteroatoms. The first kappa shape index (κ1) is 12.5. The zero-order valence-corrected chi connectivity index (χ0v) is 11.6. The maximum absolute atomic E-state index is 4.29. The number of rotatable bonds is 4. The van der Waals surface area contributed by atoms with Crippen molar-refractivity contribution < 1.29 is 0 Å². The fraction of sp³-hybridized carbons (Fsp3) is 0.200. The lowest BCUT2D eigenvalue weighted by molar-refractivity contribution is 0.813. The van der Waals surface area contributed by atoms with Crippen LogP contribution in [0.5, 0.6) is 0 Å². The molecule has 1 N–H and O–H groups in total. The van der Waals surface area contributed by atoms with E-state index < -0.39 is 0 Å². The van der Waals surface area contributed by atoms with Crippen LogP contribution in [0.1, 0.15) is 11.6 Å². The van der Waals surface area contributed by atoms with Gasteiger partial charge in [-0.1, -0.05) is 0 Å². The van der Waals surface area contributed by atoms with Crippen LogP contribution >= 0.6 is 0 Å². The second-order valence-electron chi connectivity index (χ2n) is 4.70. The van der Waals surface area contributed by atoms with Crippen LogP contribution in [0.25, 0.3) is 5.69 Å². The molecule has 20 heavy (non-hydrogen) atoms. The summed E-state index contributed by atoms with van der Waals surface area (Å²) in [6.45, 7) is 2.71. The average molecular weight is 267 g/mol. The van der Waals surface area contributed by atoms with Gasteiger partial charge in [-0.25, -0.2) is 9.97 Å². The Balaban J connectivity index is 1.71. The number of nitrogens with one attached hydrogen (secondary N) is 1. The molecule has 2 heterocycles. The molecule has 3 rings (SSSR count). The van der Waals surface area contributed by atoms with Gasteiger partial charge in [0, 0.05) is 43.2 Å². The van der Waals surface area contributed by atoms with E-state index in [4.69, 9.17) is 0 Å². The van der Waals surface area contributed by atoms with Crippen LogP contribution in [0.3, 0.4) is 0 Å². The smallest absolute Gasteiger partial charge is 0.127 e. The van der Waals surface area contributed by atoms with Gasteiger partial charge in [-0.05, 0) is 31.2 Å². The number of hydrogen-bond donors (Lipinski definition) is 1. The van der Waals surface area contributed by atoms with E-state index in [0.29, 0.717) is 6.54 Å². The Morgan fingerprint density at radius 1 is 1.05 bits per heavy atom. The van der Waals surface area contributed by atoms with Crippen molar-refractivity contribution in [3.63, 3.8) is 0 Å². The van der Waals surface area contributed by atoms with E-state index in [-0.39, 0.29) is 0 Å². The lowest BCUT2D eigenvalue weighted by atomic mass is 10.2. The molecule has 0 atom stereocenters. The van der Waals surface area contributed by atoms with Gasteiger partial charge in [0.1, 0.15) is 11.6 Å². The van der Waals surface area contributed by atoms with E-state index in [1.165, 1.54) is 0 Å². The maximum atomic E-state index is 4.29. The third kappa shape index (κ3) is 2.42. The van der Waals surface area contributed by atoms with E-state index >= 15 is 0 Å². The molecule has 1 aromatic carbocycles. The first-order valence-electron chi connectivity index (χ1n) is 6.54. The van der Waals surface area contributed by atoms with Gasteiger partial charge in [-0.15, -0.1) is 0 Å². The van der Waals surface area contributed by atoms with E-state index in [2.05, 4.69) is 44.1 Å². The molecule has 0 spiro atoms. The summed E-state index contributed by atoms with van der Waals surface area (Å²) in [7, 11) is 1.99. The summed E-state index contributed by atoms with van der Waals surface area (Å²) < 4.78 is 4.07. The van der Waals surface area contributed by atoms with Gasteiger partial charge in [0.2, 0.25) is 0 Å². The molecule has 102 valence electrons. The van der Waals surface area contributed by atoms with E-state index in [1.54, 1.807) is 0 Å². The number of aromatic nitrogens is 4. The second kappa shape index (κ2) is 5.21. The van der Waals surface area contributed by atoms with Crippen molar-refractivity contribution in [1.82, 2.24) is 19.1 Å². The second-order valence-corrected chi connectivity index (χ2v) is 4.70. The zero-order chi connectivity index (χ0) is 13.9. The number of anilines is 1. The van der Waals surface area contributed by atoms with Crippen LogP contribution in [0.15, 0.2) is 49.1 Å². The van der Waals surface area contributed by atoms with Gasteiger partial charge in [0.25, 0.3) is 0 Å². The van der Waals surface area contributed by atoms with Gasteiger partial charge >= 0.3 is 0 Å². The number of hydrogen-bond acceptors (Lipinski definition) is 3. The first-order valence-corrected chi connectivity index (χ1v) is 6.54. The summed E-state index contributed by atoms with van der Waals surface area (Å²) in [5.74, 6) is 2.00. The molecule has 0 saturated carbocycles. The maximum Gasteiger partial charge on any atom is 0.127 e. The highest BCUT2D eigenvalue weighted by Crippen LogP contribution is 2.15. The van der Waals surface area contributed by atoms with Crippen LogP contribution in [0, 0.1) is 6.92 Å². The highest BCUT2D eigenvalue weighted by atomic mass is 15.1. The largest absolute Gasteiger partial charge is 0.378 e. The molecule has 0 aliphatic heterocycles. The van der Waals surface area contributed by atoms with Gasteiger partial charge in [0.05, 0.1) is 6.54 Å². The highest BCUT2D eigenvalue weighted by Gasteiger charge is 2.01. The molecule has 0 aliphatic rings. The van der Waals surface area contributed by atoms with Gasteiger partial charge in [0.15, 0.2) is 0 Å². The Labute approximate surface area is 117 Å². The number of imidazole rings is 2. The zero-order valence-electron chi connectivity index (χ0n) is 11.6. The molecule has 0 radical (unpaired) electrons. The minimum absolute atomic E-state index is 0.715. The fourth-order valence-electron chi connectivity index (χ4n) is 2.14. The summed E-state index contributed by atoms with van der Waals surface area (Å²) in [6.07, 6.45) is 7.53. The minimum atomic E-state index is 0.715. The van der Waals surface area contributed by atoms with Crippen LogP contribution in [0.2, 0.25) is 0 Å². The van der Waals surface area contributed by atoms with Crippen molar-refractivity contribution in [2.45, 2.75) is 13.5 Å². The fourth-order valence-corrected chi connectivity index (χ4v) is 2.14. The number of benzene rings is 1. The Morgan fingerprint density at radius 3 is 2.40 bits per heavy atom. The predicted octanol–water partition coefficient (Wildman–Crippen LogP) is 2.53. The van der Waals surface area contributed by atoms with Crippen molar-refractivity contribution in [2.24, 2.45) is 7.05 Å². The Hall–Kier alpha value is -2.56. The summed E-state index contributed by atoms with van der Waals surface area (Å²) in [5, 5.41) is 3.37. The van der Waals surface area contributed by atoms with Crippen molar-refractivity contribution >= 4 is 5.69 Å². The van der Waals surface area contributed by atoms with Crippen molar-refractivity contribution in [1.29, 1.82) is 0 Å². The number of nitrogens with zero attached hydrogens (tertiary/aromatic N) is 4. The molecule has 3 aromatic rings. The third-order valence-electron chi connectivity index (χ3n) is 3.34. The van der Waals surface area contributed by atoms with E-state index in [0.717, 1.165) is 23.0 Å². The predicted molar refractivity (Wildman–Crippen MR) is 78.8 cm³/mol. The topological polar surface area (TPSA) is 47.7 Å². The first-order chi connectivity index (χ1) is 9.74. The quantitative estimate of drug-likeness (QED) is 0.790. The number of aryl methyl sites for hydroxylation is 2. The molecule has 0 amide bonds. The van der Waals surface area contributed by atoms with Crippen LogP contribution in [0.4, 0.5) is 5.69 Å². The van der Waals surface area contributed by atoms with Crippen molar-refractivity contribution in [2.75, 3.05) is 5.32 Å². The van der Waals surface area contributed by atoms with Gasteiger partial charge in [-0.3, -0.25) is 0 Å². The molecule has 0 saturated heterocycles. The molecule has 0 fully saturated rings. The standard InChI is InChI=1S/C15H17N5/c1-12-16-8-10-20(12)14-5-3-13(4-6-14)18-11-15-17-7-9-19(15)2/h3-10,18H,11H2,1-2H3. The Kier molecular flexibility index (Phi) is 3.25. The molecule has 0 aliphatic carbocycles. The Bertz CT molecular complexity index is 693. The molecule has 0 bridgehead atoms. The third-order valence-corrected chi connectivity index (χ3v) is 3.34. The minimum Gasteiger partial charge on any atom is -0.378 e. The summed E-state index contributed by atoms with van der Waals surface area (Å²) in [6, 6.07) is 8.29. The van der Waals surface area contributed by atoms with Crippen LogP contribution in [-0.4, -0.2) is 19.1 Å². The SMILES string of the molecule is Cc1nccn1-c1ccc(NCc2nccn2C)cc1. The van der Waals surface area contributed by atoms with Crippen molar-refractivity contribution in [3.8, 4) is 5.69 Å². The van der Waals surface area contributed by atoms with E-state index in [1.807, 2.05) is 43.3 Å². The monoisotopic (exact) mass is 267 g/mol. The lowest BCUT2D eigenvalue weighted by Crippen LogP contribution is -2.05. The van der Waals surface area contributed by atoms with Gasteiger partial charge in [-0.2, -0.15) is 0 Å².